The molecule has 1 amide bonds. The molecule has 1 saturated heterocycles. The molecule has 1 aliphatic rings. The molecule has 132 valence electrons. The number of benzene rings is 2. The molecule has 0 aromatic heterocycles. The van der Waals surface area contributed by atoms with E-state index < -0.39 is 5.97 Å². The number of rotatable bonds is 3. The summed E-state index contributed by atoms with van der Waals surface area (Å²) in [5.74, 6) is -0.347. The number of halogens is 2. The molecule has 1 aliphatic heterocycles. The van der Waals surface area contributed by atoms with Crippen molar-refractivity contribution in [1.82, 2.24) is 4.90 Å². The minimum absolute atomic E-state index is 0.132. The summed E-state index contributed by atoms with van der Waals surface area (Å²) in [7, 11) is 1.64. The highest BCUT2D eigenvalue weighted by Gasteiger charge is 2.28. The van der Waals surface area contributed by atoms with Crippen LogP contribution in [-0.2, 0) is 4.79 Å². The fourth-order valence-corrected chi connectivity index (χ4v) is 3.81. The highest BCUT2D eigenvalue weighted by Crippen LogP contribution is 2.31. The number of carbonyl (C=O) groups excluding carboxylic acids is 2. The number of esters is 1. The van der Waals surface area contributed by atoms with E-state index >= 15 is 0 Å². The lowest BCUT2D eigenvalue weighted by atomic mass is 10.2. The Morgan fingerprint density at radius 1 is 1.19 bits per heavy atom. The smallest absolute Gasteiger partial charge is 0.345 e. The Hall–Kier alpha value is -1.86. The maximum Gasteiger partial charge on any atom is 0.345 e. The average molecular weight is 424 g/mol. The number of thioether (sulfide) groups is 1. The molecule has 2 aromatic rings. The second-order valence-electron chi connectivity index (χ2n) is 5.32. The van der Waals surface area contributed by atoms with Gasteiger partial charge in [-0.15, -0.1) is 0 Å². The van der Waals surface area contributed by atoms with Gasteiger partial charge in [0.25, 0.3) is 5.91 Å². The molecule has 26 heavy (non-hydrogen) atoms. The molecule has 0 radical (unpaired) electrons. The molecule has 2 aromatic carbocycles. The van der Waals surface area contributed by atoms with Crippen molar-refractivity contribution in [1.29, 1.82) is 0 Å². The summed E-state index contributed by atoms with van der Waals surface area (Å²) in [5, 5.41) is 0.661. The molecule has 0 saturated carbocycles. The summed E-state index contributed by atoms with van der Waals surface area (Å²) in [6.45, 7) is 0. The van der Waals surface area contributed by atoms with Gasteiger partial charge in [0.1, 0.15) is 10.1 Å². The van der Waals surface area contributed by atoms with Crippen molar-refractivity contribution in [2.24, 2.45) is 0 Å². The lowest BCUT2D eigenvalue weighted by Gasteiger charge is -2.06. The van der Waals surface area contributed by atoms with Crippen LogP contribution in [0.4, 0.5) is 0 Å². The predicted molar refractivity (Wildman–Crippen MR) is 109 cm³/mol. The van der Waals surface area contributed by atoms with Gasteiger partial charge in [-0.3, -0.25) is 9.69 Å². The van der Waals surface area contributed by atoms with Gasteiger partial charge in [0.2, 0.25) is 0 Å². The Kier molecular flexibility index (Phi) is 5.67. The second-order valence-corrected chi connectivity index (χ2v) is 7.84. The average Bonchev–Trinajstić information content (AvgIpc) is 2.83. The Morgan fingerprint density at radius 3 is 2.46 bits per heavy atom. The Bertz CT molecular complexity index is 942. The number of ether oxygens (including phenoxy) is 1. The Labute approximate surface area is 169 Å². The topological polar surface area (TPSA) is 46.6 Å². The van der Waals surface area contributed by atoms with Crippen LogP contribution in [0.1, 0.15) is 15.9 Å². The van der Waals surface area contributed by atoms with Crippen molar-refractivity contribution in [2.45, 2.75) is 0 Å². The minimum Gasteiger partial charge on any atom is -0.423 e. The van der Waals surface area contributed by atoms with E-state index in [0.717, 1.165) is 5.56 Å². The minimum atomic E-state index is -0.578. The molecule has 0 unspecified atom stereocenters. The van der Waals surface area contributed by atoms with Gasteiger partial charge in [0.15, 0.2) is 0 Å². The van der Waals surface area contributed by atoms with Crippen LogP contribution in [0.25, 0.3) is 6.08 Å². The predicted octanol–water partition coefficient (Wildman–Crippen LogP) is 5.04. The van der Waals surface area contributed by atoms with E-state index in [9.17, 15) is 9.59 Å². The van der Waals surface area contributed by atoms with Gasteiger partial charge in [-0.05, 0) is 42.0 Å². The SMILES string of the molecule is CN1C(=O)C(=Cc2ccc(OC(=O)c3ccc(Cl)cc3Cl)cc2)SC1=S. The van der Waals surface area contributed by atoms with Gasteiger partial charge in [0.05, 0.1) is 15.5 Å². The van der Waals surface area contributed by atoms with Crippen molar-refractivity contribution >= 4 is 69.5 Å². The quantitative estimate of drug-likeness (QED) is 0.299. The van der Waals surface area contributed by atoms with Crippen LogP contribution in [0.3, 0.4) is 0 Å². The maximum atomic E-state index is 12.2. The fraction of sp³-hybridized carbons (Fsp3) is 0.0556. The molecule has 0 bridgehead atoms. The van der Waals surface area contributed by atoms with Crippen molar-refractivity contribution in [3.05, 3.63) is 68.5 Å². The number of hydrogen-bond donors (Lipinski definition) is 0. The third-order valence-corrected chi connectivity index (χ3v) is 5.56. The molecule has 0 N–H and O–H groups in total. The lowest BCUT2D eigenvalue weighted by molar-refractivity contribution is -0.121. The first kappa shape index (κ1) is 18.9. The zero-order valence-electron chi connectivity index (χ0n) is 13.4. The van der Waals surface area contributed by atoms with Crippen molar-refractivity contribution in [2.75, 3.05) is 7.05 Å². The largest absolute Gasteiger partial charge is 0.423 e. The van der Waals surface area contributed by atoms with Crippen LogP contribution in [0.15, 0.2) is 47.4 Å². The highest BCUT2D eigenvalue weighted by molar-refractivity contribution is 8.26. The number of hydrogen-bond acceptors (Lipinski definition) is 5. The molecule has 8 heteroatoms. The van der Waals surface area contributed by atoms with E-state index in [-0.39, 0.29) is 16.5 Å². The first-order valence-corrected chi connectivity index (χ1v) is 9.32. The Balaban J connectivity index is 1.73. The van der Waals surface area contributed by atoms with Gasteiger partial charge in [0, 0.05) is 12.1 Å². The molecule has 3 rings (SSSR count). The summed E-state index contributed by atoms with van der Waals surface area (Å²) in [6.07, 6.45) is 1.74. The first-order valence-electron chi connectivity index (χ1n) is 7.34. The van der Waals surface area contributed by atoms with Gasteiger partial charge >= 0.3 is 5.97 Å². The van der Waals surface area contributed by atoms with Crippen LogP contribution in [0.5, 0.6) is 5.75 Å². The molecule has 4 nitrogen and oxygen atoms in total. The van der Waals surface area contributed by atoms with Crippen LogP contribution in [0, 0.1) is 0 Å². The maximum absolute atomic E-state index is 12.2. The number of thiocarbonyl (C=S) groups is 1. The van der Waals surface area contributed by atoms with Gasteiger partial charge < -0.3 is 4.74 Å². The van der Waals surface area contributed by atoms with E-state index in [0.29, 0.717) is 20.0 Å². The monoisotopic (exact) mass is 423 g/mol. The summed E-state index contributed by atoms with van der Waals surface area (Å²) in [6, 6.07) is 11.3. The van der Waals surface area contributed by atoms with Crippen molar-refractivity contribution in [3.63, 3.8) is 0 Å². The standard InChI is InChI=1S/C18H11Cl2NO3S2/c1-21-16(22)15(26-18(21)25)8-10-2-5-12(6-3-10)24-17(23)13-7-4-11(19)9-14(13)20/h2-9H,1H3. The van der Waals surface area contributed by atoms with Crippen molar-refractivity contribution in [3.8, 4) is 5.75 Å². The molecular weight excluding hydrogens is 413 g/mol. The summed E-state index contributed by atoms with van der Waals surface area (Å²) in [5.41, 5.74) is 1.02. The molecule has 0 aliphatic carbocycles. The molecular formula is C18H11Cl2NO3S2. The van der Waals surface area contributed by atoms with E-state index in [1.165, 1.54) is 28.8 Å². The third kappa shape index (κ3) is 4.10. The van der Waals surface area contributed by atoms with E-state index in [4.69, 9.17) is 40.2 Å². The number of amides is 1. The number of nitrogens with zero attached hydrogens (tertiary/aromatic N) is 1. The van der Waals surface area contributed by atoms with Crippen LogP contribution < -0.4 is 4.74 Å². The molecule has 1 heterocycles. The first-order chi connectivity index (χ1) is 12.3. The molecule has 0 spiro atoms. The van der Waals surface area contributed by atoms with Crippen LogP contribution in [-0.4, -0.2) is 28.1 Å². The van der Waals surface area contributed by atoms with Gasteiger partial charge in [-0.25, -0.2) is 4.79 Å². The summed E-state index contributed by atoms with van der Waals surface area (Å²) < 4.78 is 5.83. The second kappa shape index (κ2) is 7.80. The summed E-state index contributed by atoms with van der Waals surface area (Å²) in [4.78, 5) is 26.2. The highest BCUT2D eigenvalue weighted by atomic mass is 35.5. The van der Waals surface area contributed by atoms with E-state index in [1.54, 1.807) is 43.5 Å². The van der Waals surface area contributed by atoms with E-state index in [2.05, 4.69) is 0 Å². The van der Waals surface area contributed by atoms with Crippen LogP contribution >= 0.6 is 47.2 Å². The van der Waals surface area contributed by atoms with Crippen molar-refractivity contribution < 1.29 is 14.3 Å². The van der Waals surface area contributed by atoms with E-state index in [1.807, 2.05) is 0 Å². The number of likely N-dealkylation sites (N-methyl/N-ethyl adjacent to an activating group) is 1. The van der Waals surface area contributed by atoms with Gasteiger partial charge in [-0.1, -0.05) is 59.3 Å². The number of carbonyl (C=O) groups is 2. The summed E-state index contributed by atoms with van der Waals surface area (Å²) >= 11 is 18.2. The van der Waals surface area contributed by atoms with Gasteiger partial charge in [-0.2, -0.15) is 0 Å². The van der Waals surface area contributed by atoms with Crippen LogP contribution in [0.2, 0.25) is 10.0 Å². The Morgan fingerprint density at radius 2 is 1.88 bits per heavy atom. The lowest BCUT2D eigenvalue weighted by Crippen LogP contribution is -2.22. The molecule has 1 fully saturated rings. The zero-order valence-corrected chi connectivity index (χ0v) is 16.5. The molecule has 0 atom stereocenters. The fourth-order valence-electron chi connectivity index (χ4n) is 2.15. The zero-order chi connectivity index (χ0) is 18.8. The normalized spacial score (nSPS) is 15.7. The third-order valence-electron chi connectivity index (χ3n) is 3.53.